The fraction of sp³-hybridized carbons (Fsp3) is 0.286. The summed E-state index contributed by atoms with van der Waals surface area (Å²) in [5, 5.41) is 17.4. The number of carboxylic acids is 2. The number of hydrogen-bond donors (Lipinski definition) is 4. The van der Waals surface area contributed by atoms with Crippen molar-refractivity contribution in [1.82, 2.24) is 0 Å². The van der Waals surface area contributed by atoms with Crippen LogP contribution >= 0.6 is 7.52 Å². The van der Waals surface area contributed by atoms with Gasteiger partial charge in [0.2, 0.25) is 0 Å². The molecule has 0 aliphatic carbocycles. The van der Waals surface area contributed by atoms with E-state index in [1.54, 1.807) is 0 Å². The van der Waals surface area contributed by atoms with E-state index in [0.717, 1.165) is 12.0 Å². The Morgan fingerprint density at radius 2 is 1.43 bits per heavy atom. The molecular weight excluding hydrogens is 409 g/mol. The fourth-order valence-corrected chi connectivity index (χ4v) is 3.27. The van der Waals surface area contributed by atoms with E-state index in [9.17, 15) is 18.9 Å². The van der Waals surface area contributed by atoms with Gasteiger partial charge in [0.05, 0.1) is 11.1 Å². The zero-order valence-corrected chi connectivity index (χ0v) is 17.5. The maximum absolute atomic E-state index is 11.5. The van der Waals surface area contributed by atoms with Crippen LogP contribution < -0.4 is 5.50 Å². The SMILES string of the molecule is Cc1c(C(=O)O)cccc1C(=O)O.NP(=O)(O)CCCC(=O)CCc1ccccc1. The van der Waals surface area contributed by atoms with Crippen LogP contribution in [0, 0.1) is 6.92 Å². The molecule has 0 aliphatic rings. The largest absolute Gasteiger partial charge is 0.478 e. The van der Waals surface area contributed by atoms with Crippen LogP contribution in [0.3, 0.4) is 0 Å². The minimum absolute atomic E-state index is 0.0179. The van der Waals surface area contributed by atoms with Crippen molar-refractivity contribution in [2.24, 2.45) is 5.50 Å². The lowest BCUT2D eigenvalue weighted by molar-refractivity contribution is -0.119. The van der Waals surface area contributed by atoms with Gasteiger partial charge >= 0.3 is 11.9 Å². The summed E-state index contributed by atoms with van der Waals surface area (Å²) in [7, 11) is -3.45. The second-order valence-electron chi connectivity index (χ2n) is 6.70. The molecule has 0 aliphatic heterocycles. The highest BCUT2D eigenvalue weighted by Gasteiger charge is 2.13. The summed E-state index contributed by atoms with van der Waals surface area (Å²) in [6.07, 6.45) is 1.93. The lowest BCUT2D eigenvalue weighted by Crippen LogP contribution is -2.06. The van der Waals surface area contributed by atoms with Crippen molar-refractivity contribution in [3.63, 3.8) is 0 Å². The highest BCUT2D eigenvalue weighted by molar-refractivity contribution is 7.55. The van der Waals surface area contributed by atoms with Crippen LogP contribution in [0.1, 0.15) is 51.1 Å². The molecule has 30 heavy (non-hydrogen) atoms. The van der Waals surface area contributed by atoms with Crippen molar-refractivity contribution in [3.8, 4) is 0 Å². The quantitative estimate of drug-likeness (QED) is 0.436. The fourth-order valence-electron chi connectivity index (χ4n) is 2.66. The van der Waals surface area contributed by atoms with E-state index < -0.39 is 19.5 Å². The molecule has 0 bridgehead atoms. The second kappa shape index (κ2) is 12.0. The van der Waals surface area contributed by atoms with Crippen LogP contribution in [0.5, 0.6) is 0 Å². The zero-order valence-electron chi connectivity index (χ0n) is 16.7. The first-order chi connectivity index (χ1) is 14.0. The minimum atomic E-state index is -3.45. The van der Waals surface area contributed by atoms with Gasteiger partial charge in [-0.2, -0.15) is 0 Å². The molecule has 0 heterocycles. The standard InChI is InChI=1S/C12H18NO3P.C9H8O4/c13-17(15,16)10-4-7-12(14)9-8-11-5-2-1-3-6-11;1-5-6(8(10)11)3-2-4-7(5)9(12)13/h1-3,5-6H,4,7-10H2,(H3,13,15,16);2-4H,1H3,(H,10,11)(H,12,13). The van der Waals surface area contributed by atoms with Crippen molar-refractivity contribution in [1.29, 1.82) is 0 Å². The van der Waals surface area contributed by atoms with E-state index in [-0.39, 0.29) is 28.6 Å². The first-order valence-electron chi connectivity index (χ1n) is 9.23. The van der Waals surface area contributed by atoms with Crippen LogP contribution in [-0.4, -0.2) is 39.0 Å². The number of Topliss-reactive ketones (excluding diaryl/α,β-unsaturated/α-hetero) is 1. The van der Waals surface area contributed by atoms with Crippen LogP contribution in [-0.2, 0) is 15.8 Å². The van der Waals surface area contributed by atoms with Gasteiger partial charge in [0, 0.05) is 19.0 Å². The summed E-state index contributed by atoms with van der Waals surface area (Å²) in [6, 6.07) is 14.0. The maximum atomic E-state index is 11.5. The van der Waals surface area contributed by atoms with Gasteiger partial charge in [0.15, 0.2) is 0 Å². The molecule has 0 spiro atoms. The van der Waals surface area contributed by atoms with E-state index in [0.29, 0.717) is 19.3 Å². The number of nitrogens with two attached hydrogens (primary N) is 1. The molecule has 0 fully saturated rings. The van der Waals surface area contributed by atoms with Gasteiger partial charge in [-0.25, -0.2) is 9.59 Å². The molecule has 0 saturated heterocycles. The van der Waals surface area contributed by atoms with E-state index in [2.05, 4.69) is 0 Å². The molecule has 162 valence electrons. The Hall–Kier alpha value is -2.80. The van der Waals surface area contributed by atoms with Crippen molar-refractivity contribution in [2.75, 3.05) is 6.16 Å². The number of carboxylic acid groups (broad SMARTS) is 2. The highest BCUT2D eigenvalue weighted by atomic mass is 31.2. The number of carbonyl (C=O) groups is 3. The van der Waals surface area contributed by atoms with Crippen LogP contribution in [0.15, 0.2) is 48.5 Å². The van der Waals surface area contributed by atoms with Gasteiger partial charge in [-0.3, -0.25) is 14.9 Å². The van der Waals surface area contributed by atoms with E-state index in [1.807, 2.05) is 30.3 Å². The lowest BCUT2D eigenvalue weighted by atomic mass is 10.0. The maximum Gasteiger partial charge on any atom is 0.335 e. The third-order valence-corrected chi connectivity index (χ3v) is 5.22. The number of benzene rings is 2. The second-order valence-corrected chi connectivity index (χ2v) is 8.65. The monoisotopic (exact) mass is 435 g/mol. The summed E-state index contributed by atoms with van der Waals surface area (Å²) in [6.45, 7) is 1.48. The number of rotatable bonds is 9. The summed E-state index contributed by atoms with van der Waals surface area (Å²) < 4.78 is 10.8. The molecule has 2 rings (SSSR count). The third kappa shape index (κ3) is 9.60. The smallest absolute Gasteiger partial charge is 0.335 e. The number of aromatic carboxylic acids is 2. The summed E-state index contributed by atoms with van der Waals surface area (Å²) in [4.78, 5) is 41.6. The average Bonchev–Trinajstić information content (AvgIpc) is 2.66. The number of carbonyl (C=O) groups excluding carboxylic acids is 1. The van der Waals surface area contributed by atoms with E-state index in [4.69, 9.17) is 20.6 Å². The molecule has 9 heteroatoms. The number of aryl methyl sites for hydroxylation is 1. The summed E-state index contributed by atoms with van der Waals surface area (Å²) in [5.74, 6) is -2.11. The van der Waals surface area contributed by atoms with Crippen molar-refractivity contribution < 1.29 is 34.1 Å². The molecule has 2 aromatic carbocycles. The lowest BCUT2D eigenvalue weighted by Gasteiger charge is -2.04. The molecule has 0 radical (unpaired) electrons. The predicted molar refractivity (Wildman–Crippen MR) is 113 cm³/mol. The Morgan fingerprint density at radius 1 is 0.900 bits per heavy atom. The predicted octanol–water partition coefficient (Wildman–Crippen LogP) is 3.50. The number of ketones is 1. The molecule has 5 N–H and O–H groups in total. The van der Waals surface area contributed by atoms with Crippen LogP contribution in [0.4, 0.5) is 0 Å². The topological polar surface area (TPSA) is 155 Å². The summed E-state index contributed by atoms with van der Waals surface area (Å²) in [5.41, 5.74) is 6.45. The Balaban J connectivity index is 0.000000311. The molecule has 0 amide bonds. The Bertz CT molecular complexity index is 890. The van der Waals surface area contributed by atoms with Gasteiger partial charge in [-0.15, -0.1) is 0 Å². The van der Waals surface area contributed by atoms with Crippen molar-refractivity contribution >= 4 is 25.2 Å². The molecule has 0 saturated carbocycles. The molecular formula is C21H26NO7P. The number of hydrogen-bond acceptors (Lipinski definition) is 4. The average molecular weight is 435 g/mol. The van der Waals surface area contributed by atoms with Crippen LogP contribution in [0.25, 0.3) is 0 Å². The molecule has 1 atom stereocenters. The third-order valence-electron chi connectivity index (χ3n) is 4.26. The first kappa shape index (κ1) is 25.2. The Kier molecular flexibility index (Phi) is 10.1. The normalized spacial score (nSPS) is 12.2. The zero-order chi connectivity index (χ0) is 22.7. The van der Waals surface area contributed by atoms with E-state index in [1.165, 1.54) is 25.1 Å². The minimum Gasteiger partial charge on any atom is -0.478 e. The Morgan fingerprint density at radius 3 is 1.90 bits per heavy atom. The van der Waals surface area contributed by atoms with Gasteiger partial charge in [0.1, 0.15) is 5.78 Å². The van der Waals surface area contributed by atoms with Gasteiger partial charge in [-0.05, 0) is 43.0 Å². The molecule has 1 unspecified atom stereocenters. The van der Waals surface area contributed by atoms with Gasteiger partial charge < -0.3 is 15.1 Å². The van der Waals surface area contributed by atoms with Crippen molar-refractivity contribution in [2.45, 2.75) is 32.6 Å². The van der Waals surface area contributed by atoms with Crippen LogP contribution in [0.2, 0.25) is 0 Å². The highest BCUT2D eigenvalue weighted by Crippen LogP contribution is 2.30. The van der Waals surface area contributed by atoms with Gasteiger partial charge in [-0.1, -0.05) is 36.4 Å². The molecule has 2 aromatic rings. The first-order valence-corrected chi connectivity index (χ1v) is 11.1. The van der Waals surface area contributed by atoms with Gasteiger partial charge in [0.25, 0.3) is 7.52 Å². The molecule has 0 aromatic heterocycles. The summed E-state index contributed by atoms with van der Waals surface area (Å²) >= 11 is 0. The Labute approximate surface area is 174 Å². The molecule has 8 nitrogen and oxygen atoms in total. The van der Waals surface area contributed by atoms with E-state index >= 15 is 0 Å². The van der Waals surface area contributed by atoms with Crippen molar-refractivity contribution in [3.05, 3.63) is 70.8 Å².